The average Bonchev–Trinajstić information content (AvgIpc) is 2.38. The van der Waals surface area contributed by atoms with Crippen LogP contribution in [0.1, 0.15) is 54.4 Å². The van der Waals surface area contributed by atoms with E-state index in [1.54, 1.807) is 0 Å². The summed E-state index contributed by atoms with van der Waals surface area (Å²) in [6.45, 7) is 6.16. The zero-order valence-corrected chi connectivity index (χ0v) is 11.8. The fourth-order valence-corrected chi connectivity index (χ4v) is 3.18. The molecule has 4 nitrogen and oxygen atoms in total. The van der Waals surface area contributed by atoms with E-state index in [1.807, 2.05) is 6.92 Å². The maximum absolute atomic E-state index is 12.1. The number of fused-ring (bicyclic) bond motifs is 1. The second-order valence-electron chi connectivity index (χ2n) is 5.92. The quantitative estimate of drug-likeness (QED) is 0.777. The van der Waals surface area contributed by atoms with Gasteiger partial charge in [-0.25, -0.2) is 9.97 Å². The van der Waals surface area contributed by atoms with Crippen molar-refractivity contribution in [1.82, 2.24) is 9.97 Å². The maximum Gasteiger partial charge on any atom is 0.225 e. The summed E-state index contributed by atoms with van der Waals surface area (Å²) in [5.74, 6) is 1.46. The highest BCUT2D eigenvalue weighted by Gasteiger charge is 2.27. The summed E-state index contributed by atoms with van der Waals surface area (Å²) in [6, 6.07) is 0. The van der Waals surface area contributed by atoms with Crippen LogP contribution in [-0.4, -0.2) is 28.8 Å². The Morgan fingerprint density at radius 2 is 1.84 bits per heavy atom. The third-order valence-electron chi connectivity index (χ3n) is 4.15. The molecule has 0 amide bonds. The lowest BCUT2D eigenvalue weighted by atomic mass is 9.86. The molecule has 102 valence electrons. The number of rotatable bonds is 1. The van der Waals surface area contributed by atoms with E-state index in [9.17, 15) is 4.79 Å². The number of aryl methyl sites for hydroxylation is 1. The number of ketones is 1. The average molecular weight is 259 g/mol. The molecule has 0 aromatic carbocycles. The highest BCUT2D eigenvalue weighted by molar-refractivity contribution is 5.99. The number of nitrogens with zero attached hydrogens (tertiary/aromatic N) is 3. The zero-order valence-electron chi connectivity index (χ0n) is 11.8. The van der Waals surface area contributed by atoms with Crippen molar-refractivity contribution in [2.24, 2.45) is 5.92 Å². The van der Waals surface area contributed by atoms with Gasteiger partial charge in [0.05, 0.1) is 17.0 Å². The molecule has 2 heterocycles. The Hall–Kier alpha value is -1.45. The Bertz CT molecular complexity index is 506. The van der Waals surface area contributed by atoms with E-state index in [0.717, 1.165) is 42.4 Å². The first-order chi connectivity index (χ1) is 9.15. The van der Waals surface area contributed by atoms with Gasteiger partial charge in [0.2, 0.25) is 5.95 Å². The summed E-state index contributed by atoms with van der Waals surface area (Å²) in [5.41, 5.74) is 2.62. The van der Waals surface area contributed by atoms with E-state index in [4.69, 9.17) is 4.98 Å². The van der Waals surface area contributed by atoms with Crippen molar-refractivity contribution in [3.63, 3.8) is 0 Å². The summed E-state index contributed by atoms with van der Waals surface area (Å²) in [6.07, 6.45) is 5.28. The van der Waals surface area contributed by atoms with Crippen LogP contribution in [0.25, 0.3) is 0 Å². The third kappa shape index (κ3) is 2.36. The van der Waals surface area contributed by atoms with Gasteiger partial charge in [0.15, 0.2) is 5.78 Å². The van der Waals surface area contributed by atoms with Gasteiger partial charge in [-0.2, -0.15) is 0 Å². The van der Waals surface area contributed by atoms with Gasteiger partial charge < -0.3 is 4.90 Å². The van der Waals surface area contributed by atoms with Crippen molar-refractivity contribution in [2.75, 3.05) is 18.0 Å². The Kier molecular flexibility index (Phi) is 3.25. The molecule has 1 saturated heterocycles. The highest BCUT2D eigenvalue weighted by atomic mass is 16.1. The molecular weight excluding hydrogens is 238 g/mol. The van der Waals surface area contributed by atoms with Crippen LogP contribution in [0, 0.1) is 12.8 Å². The molecule has 3 rings (SSSR count). The van der Waals surface area contributed by atoms with Gasteiger partial charge in [-0.05, 0) is 38.5 Å². The van der Waals surface area contributed by atoms with Crippen LogP contribution in [0.4, 0.5) is 5.95 Å². The number of hydrogen-bond acceptors (Lipinski definition) is 4. The van der Waals surface area contributed by atoms with Crippen LogP contribution in [-0.2, 0) is 6.42 Å². The van der Waals surface area contributed by atoms with Crippen molar-refractivity contribution in [2.45, 2.75) is 46.0 Å². The molecule has 1 aliphatic heterocycles. The Labute approximate surface area is 114 Å². The van der Waals surface area contributed by atoms with E-state index in [-0.39, 0.29) is 5.78 Å². The third-order valence-corrected chi connectivity index (χ3v) is 4.15. The molecule has 1 aromatic rings. The molecule has 1 atom stereocenters. The van der Waals surface area contributed by atoms with E-state index >= 15 is 0 Å². The minimum atomic E-state index is 0.219. The lowest BCUT2D eigenvalue weighted by molar-refractivity contribution is 0.0951. The van der Waals surface area contributed by atoms with Crippen LogP contribution in [0.5, 0.6) is 0 Å². The second-order valence-corrected chi connectivity index (χ2v) is 5.92. The lowest BCUT2D eigenvalue weighted by Crippen LogP contribution is -2.32. The molecule has 1 aromatic heterocycles. The summed E-state index contributed by atoms with van der Waals surface area (Å²) in [5, 5.41) is 0. The molecule has 0 spiro atoms. The largest absolute Gasteiger partial charge is 0.341 e. The maximum atomic E-state index is 12.1. The van der Waals surface area contributed by atoms with Gasteiger partial charge in [0.1, 0.15) is 0 Å². The summed E-state index contributed by atoms with van der Waals surface area (Å²) in [7, 11) is 0. The Morgan fingerprint density at radius 3 is 2.58 bits per heavy atom. The minimum Gasteiger partial charge on any atom is -0.341 e. The first-order valence-corrected chi connectivity index (χ1v) is 7.31. The van der Waals surface area contributed by atoms with Crippen LogP contribution in [0.3, 0.4) is 0 Å². The topological polar surface area (TPSA) is 46.1 Å². The summed E-state index contributed by atoms with van der Waals surface area (Å²) >= 11 is 0. The van der Waals surface area contributed by atoms with E-state index < -0.39 is 0 Å². The molecule has 2 aliphatic rings. The fourth-order valence-electron chi connectivity index (χ4n) is 3.18. The van der Waals surface area contributed by atoms with Gasteiger partial charge in [-0.1, -0.05) is 6.92 Å². The molecule has 1 unspecified atom stereocenters. The number of piperidine rings is 1. The van der Waals surface area contributed by atoms with Crippen LogP contribution >= 0.6 is 0 Å². The monoisotopic (exact) mass is 259 g/mol. The SMILES string of the molecule is Cc1nc(N2CCCCC2)nc2c1C(=O)CC(C)C2. The number of carbonyl (C=O) groups excluding carboxylic acids is 1. The smallest absolute Gasteiger partial charge is 0.225 e. The molecule has 4 heteroatoms. The van der Waals surface area contributed by atoms with Crippen LogP contribution in [0.15, 0.2) is 0 Å². The van der Waals surface area contributed by atoms with Gasteiger partial charge in [0, 0.05) is 19.5 Å². The van der Waals surface area contributed by atoms with Crippen molar-refractivity contribution in [3.05, 3.63) is 17.0 Å². The number of hydrogen-bond donors (Lipinski definition) is 0. The summed E-state index contributed by atoms with van der Waals surface area (Å²) < 4.78 is 0. The van der Waals surface area contributed by atoms with Crippen molar-refractivity contribution >= 4 is 11.7 Å². The first kappa shape index (κ1) is 12.6. The number of carbonyl (C=O) groups is 1. The molecule has 0 saturated carbocycles. The molecule has 0 bridgehead atoms. The normalized spacial score (nSPS) is 23.4. The van der Waals surface area contributed by atoms with Crippen molar-refractivity contribution in [1.29, 1.82) is 0 Å². The van der Waals surface area contributed by atoms with E-state index in [2.05, 4.69) is 16.8 Å². The molecule has 1 aliphatic carbocycles. The number of aromatic nitrogens is 2. The Morgan fingerprint density at radius 1 is 1.11 bits per heavy atom. The molecular formula is C15H21N3O. The second kappa shape index (κ2) is 4.91. The highest BCUT2D eigenvalue weighted by Crippen LogP contribution is 2.28. The van der Waals surface area contributed by atoms with Crippen molar-refractivity contribution < 1.29 is 4.79 Å². The number of Topliss-reactive ketones (excluding diaryl/α,β-unsaturated/α-hetero) is 1. The molecule has 0 N–H and O–H groups in total. The van der Waals surface area contributed by atoms with E-state index in [0.29, 0.717) is 12.3 Å². The predicted molar refractivity (Wildman–Crippen MR) is 74.6 cm³/mol. The molecule has 0 radical (unpaired) electrons. The molecule has 19 heavy (non-hydrogen) atoms. The Balaban J connectivity index is 1.98. The molecule has 1 fully saturated rings. The lowest BCUT2D eigenvalue weighted by Gasteiger charge is -2.29. The standard InChI is InChI=1S/C15H21N3O/c1-10-8-12-14(13(19)9-10)11(2)16-15(17-12)18-6-4-3-5-7-18/h10H,3-9H2,1-2H3. The van der Waals surface area contributed by atoms with Gasteiger partial charge in [0.25, 0.3) is 0 Å². The van der Waals surface area contributed by atoms with Gasteiger partial charge in [-0.15, -0.1) is 0 Å². The first-order valence-electron chi connectivity index (χ1n) is 7.31. The van der Waals surface area contributed by atoms with Gasteiger partial charge >= 0.3 is 0 Å². The van der Waals surface area contributed by atoms with E-state index in [1.165, 1.54) is 19.3 Å². The van der Waals surface area contributed by atoms with Crippen molar-refractivity contribution in [3.8, 4) is 0 Å². The van der Waals surface area contributed by atoms with Crippen LogP contribution in [0.2, 0.25) is 0 Å². The van der Waals surface area contributed by atoms with Gasteiger partial charge in [-0.3, -0.25) is 4.79 Å². The minimum absolute atomic E-state index is 0.219. The summed E-state index contributed by atoms with van der Waals surface area (Å²) in [4.78, 5) is 23.6. The van der Waals surface area contributed by atoms with Crippen LogP contribution < -0.4 is 4.90 Å². The zero-order chi connectivity index (χ0) is 13.4. The number of anilines is 1. The predicted octanol–water partition coefficient (Wildman–Crippen LogP) is 2.54. The fraction of sp³-hybridized carbons (Fsp3) is 0.667.